The van der Waals surface area contributed by atoms with Gasteiger partial charge in [0.05, 0.1) is 22.0 Å². The van der Waals surface area contributed by atoms with Gasteiger partial charge >= 0.3 is 6.18 Å². The second-order valence-corrected chi connectivity index (χ2v) is 7.37. The third-order valence-corrected chi connectivity index (χ3v) is 5.37. The van der Waals surface area contributed by atoms with Gasteiger partial charge in [0.25, 0.3) is 0 Å². The summed E-state index contributed by atoms with van der Waals surface area (Å²) in [6.45, 7) is 1.81. The van der Waals surface area contributed by atoms with Crippen LogP contribution in [-0.4, -0.2) is 5.71 Å². The predicted octanol–water partition coefficient (Wildman–Crippen LogP) is 7.24. The van der Waals surface area contributed by atoms with Crippen molar-refractivity contribution in [2.24, 2.45) is 5.10 Å². The van der Waals surface area contributed by atoms with E-state index < -0.39 is 11.7 Å². The smallest absolute Gasteiger partial charge is 0.277 e. The van der Waals surface area contributed by atoms with Gasteiger partial charge < -0.3 is 0 Å². The molecule has 0 aliphatic heterocycles. The molecule has 0 radical (unpaired) electrons. The molecule has 27 heavy (non-hydrogen) atoms. The summed E-state index contributed by atoms with van der Waals surface area (Å²) in [6.07, 6.45) is 1.95. The van der Waals surface area contributed by atoms with E-state index in [9.17, 15) is 13.2 Å². The van der Waals surface area contributed by atoms with E-state index in [4.69, 9.17) is 11.6 Å². The maximum atomic E-state index is 12.8. The van der Waals surface area contributed by atoms with Crippen LogP contribution in [0.1, 0.15) is 61.6 Å². The van der Waals surface area contributed by atoms with Crippen molar-refractivity contribution in [3.63, 3.8) is 0 Å². The van der Waals surface area contributed by atoms with Gasteiger partial charge in [-0.25, -0.2) is 0 Å². The molecule has 0 unspecified atom stereocenters. The van der Waals surface area contributed by atoms with Gasteiger partial charge in [0.15, 0.2) is 0 Å². The van der Waals surface area contributed by atoms with Crippen molar-refractivity contribution >= 4 is 23.0 Å². The maximum Gasteiger partial charge on any atom is 0.416 e. The quantitative estimate of drug-likeness (QED) is 0.428. The zero-order valence-corrected chi connectivity index (χ0v) is 15.9. The van der Waals surface area contributed by atoms with E-state index >= 15 is 0 Å². The van der Waals surface area contributed by atoms with Gasteiger partial charge in [-0.15, -0.1) is 0 Å². The fraction of sp³-hybridized carbons (Fsp3) is 0.381. The number of nitrogens with zero attached hydrogens (tertiary/aromatic N) is 1. The second kappa shape index (κ2) is 8.34. The number of hydrazone groups is 1. The van der Waals surface area contributed by atoms with E-state index in [1.165, 1.54) is 43.7 Å². The Morgan fingerprint density at radius 1 is 1.04 bits per heavy atom. The molecule has 1 aliphatic carbocycles. The number of nitrogens with one attached hydrogen (secondary N) is 1. The summed E-state index contributed by atoms with van der Waals surface area (Å²) in [5.74, 6) is 0.632. The molecule has 0 amide bonds. The van der Waals surface area contributed by atoms with Gasteiger partial charge in [-0.05, 0) is 55.0 Å². The molecule has 2 nitrogen and oxygen atoms in total. The largest absolute Gasteiger partial charge is 0.416 e. The van der Waals surface area contributed by atoms with Crippen LogP contribution in [0.15, 0.2) is 47.6 Å². The van der Waals surface area contributed by atoms with Crippen molar-refractivity contribution in [2.75, 3.05) is 5.43 Å². The minimum Gasteiger partial charge on any atom is -0.277 e. The summed E-state index contributed by atoms with van der Waals surface area (Å²) >= 11 is 5.98. The number of benzene rings is 2. The first-order chi connectivity index (χ1) is 12.8. The van der Waals surface area contributed by atoms with Crippen molar-refractivity contribution in [3.8, 4) is 0 Å². The topological polar surface area (TPSA) is 24.4 Å². The second-order valence-electron chi connectivity index (χ2n) is 6.96. The molecule has 0 aromatic heterocycles. The minimum absolute atomic E-state index is 0.129. The van der Waals surface area contributed by atoms with Gasteiger partial charge in [0, 0.05) is 0 Å². The molecule has 2 aromatic carbocycles. The lowest BCUT2D eigenvalue weighted by molar-refractivity contribution is -0.137. The third-order valence-electron chi connectivity index (χ3n) is 5.04. The van der Waals surface area contributed by atoms with Crippen LogP contribution >= 0.6 is 11.6 Å². The predicted molar refractivity (Wildman–Crippen MR) is 105 cm³/mol. The lowest BCUT2D eigenvalue weighted by Crippen LogP contribution is -2.07. The Balaban J connectivity index is 1.72. The molecular weight excluding hydrogens is 373 g/mol. The van der Waals surface area contributed by atoms with E-state index in [1.807, 2.05) is 19.1 Å². The molecule has 1 N–H and O–H groups in total. The van der Waals surface area contributed by atoms with Crippen molar-refractivity contribution in [3.05, 3.63) is 64.2 Å². The maximum absolute atomic E-state index is 12.8. The fourth-order valence-electron chi connectivity index (χ4n) is 3.43. The number of hydrogen-bond acceptors (Lipinski definition) is 2. The van der Waals surface area contributed by atoms with Crippen molar-refractivity contribution in [2.45, 2.75) is 51.1 Å². The summed E-state index contributed by atoms with van der Waals surface area (Å²) < 4.78 is 38.5. The molecule has 0 spiro atoms. The number of anilines is 1. The van der Waals surface area contributed by atoms with Crippen molar-refractivity contribution in [1.82, 2.24) is 0 Å². The monoisotopic (exact) mass is 394 g/mol. The molecule has 2 aromatic rings. The zero-order valence-electron chi connectivity index (χ0n) is 15.1. The Bertz CT molecular complexity index is 807. The van der Waals surface area contributed by atoms with Gasteiger partial charge in [0.1, 0.15) is 0 Å². The van der Waals surface area contributed by atoms with E-state index in [-0.39, 0.29) is 10.7 Å². The minimum atomic E-state index is -4.42. The number of hydrogen-bond donors (Lipinski definition) is 1. The number of halogens is 4. The van der Waals surface area contributed by atoms with Crippen molar-refractivity contribution < 1.29 is 13.2 Å². The van der Waals surface area contributed by atoms with Crippen LogP contribution in [0.5, 0.6) is 0 Å². The summed E-state index contributed by atoms with van der Waals surface area (Å²) in [5, 5.41) is 4.39. The Kier molecular flexibility index (Phi) is 6.10. The molecule has 6 heteroatoms. The third kappa shape index (κ3) is 5.04. The molecular formula is C21H22ClF3N2. The van der Waals surface area contributed by atoms with Crippen molar-refractivity contribution in [1.29, 1.82) is 0 Å². The standard InChI is InChI=1S/C21H22ClF3N2/c1-14(15-7-9-17(10-8-15)16-5-3-2-4-6-16)26-27-20-13-18(21(23,24)25)11-12-19(20)22/h7-13,16,27H,2-6H2,1H3/b26-14+. The highest BCUT2D eigenvalue weighted by molar-refractivity contribution is 6.33. The van der Waals surface area contributed by atoms with E-state index in [1.54, 1.807) is 0 Å². The van der Waals surface area contributed by atoms with Crippen LogP contribution in [0.25, 0.3) is 0 Å². The Morgan fingerprint density at radius 3 is 2.33 bits per heavy atom. The van der Waals surface area contributed by atoms with Crippen LogP contribution in [0.3, 0.4) is 0 Å². The van der Waals surface area contributed by atoms with Gasteiger partial charge in [-0.1, -0.05) is 55.1 Å². The Morgan fingerprint density at radius 2 is 1.70 bits per heavy atom. The summed E-state index contributed by atoms with van der Waals surface area (Å²) in [6, 6.07) is 11.4. The molecule has 0 heterocycles. The number of alkyl halides is 3. The molecule has 0 saturated heterocycles. The zero-order chi connectivity index (χ0) is 19.4. The Hall–Kier alpha value is -2.01. The molecule has 0 bridgehead atoms. The van der Waals surface area contributed by atoms with E-state index in [0.29, 0.717) is 11.6 Å². The highest BCUT2D eigenvalue weighted by atomic mass is 35.5. The van der Waals surface area contributed by atoms with Crippen LogP contribution in [0.2, 0.25) is 5.02 Å². The summed E-state index contributed by atoms with van der Waals surface area (Å²) in [4.78, 5) is 0. The SMILES string of the molecule is C/C(=N\Nc1cc(C(F)(F)F)ccc1Cl)c1ccc(C2CCCCC2)cc1. The van der Waals surface area contributed by atoms with Crippen LogP contribution in [-0.2, 0) is 6.18 Å². The van der Waals surface area contributed by atoms with Gasteiger partial charge in [-0.3, -0.25) is 5.43 Å². The molecule has 144 valence electrons. The fourth-order valence-corrected chi connectivity index (χ4v) is 3.59. The van der Waals surface area contributed by atoms with E-state index in [0.717, 1.165) is 17.7 Å². The highest BCUT2D eigenvalue weighted by Gasteiger charge is 2.31. The highest BCUT2D eigenvalue weighted by Crippen LogP contribution is 2.34. The summed E-state index contributed by atoms with van der Waals surface area (Å²) in [5.41, 5.74) is 4.97. The number of rotatable bonds is 4. The first-order valence-electron chi connectivity index (χ1n) is 9.12. The first kappa shape index (κ1) is 19.7. The molecule has 0 atom stereocenters. The average Bonchev–Trinajstić information content (AvgIpc) is 2.67. The molecule has 1 fully saturated rings. The normalized spacial score (nSPS) is 16.4. The van der Waals surface area contributed by atoms with Gasteiger partial charge in [0.2, 0.25) is 0 Å². The van der Waals surface area contributed by atoms with E-state index in [2.05, 4.69) is 22.7 Å². The van der Waals surface area contributed by atoms with Gasteiger partial charge in [-0.2, -0.15) is 18.3 Å². The van der Waals surface area contributed by atoms with Crippen LogP contribution in [0, 0.1) is 0 Å². The molecule has 1 aliphatic rings. The van der Waals surface area contributed by atoms with Crippen LogP contribution < -0.4 is 5.43 Å². The summed E-state index contributed by atoms with van der Waals surface area (Å²) in [7, 11) is 0. The lowest BCUT2D eigenvalue weighted by Gasteiger charge is -2.22. The average molecular weight is 395 g/mol. The molecule has 3 rings (SSSR count). The lowest BCUT2D eigenvalue weighted by atomic mass is 9.84. The Labute approximate surface area is 162 Å². The molecule has 1 saturated carbocycles. The first-order valence-corrected chi connectivity index (χ1v) is 9.50. The van der Waals surface area contributed by atoms with Crippen LogP contribution in [0.4, 0.5) is 18.9 Å².